The van der Waals surface area contributed by atoms with Gasteiger partial charge in [-0.15, -0.1) is 5.10 Å². The van der Waals surface area contributed by atoms with Gasteiger partial charge in [-0.3, -0.25) is 10.1 Å². The SMILES string of the molecule is CCOC(=O)c1c([N+](=O)[O-])oc(C)c1-c1csnn1. The van der Waals surface area contributed by atoms with E-state index >= 15 is 0 Å². The number of aryl methyl sites for hydroxylation is 1. The molecule has 0 atom stereocenters. The quantitative estimate of drug-likeness (QED) is 0.480. The molecular formula is C10H9N3O5S. The molecule has 0 bridgehead atoms. The van der Waals surface area contributed by atoms with Gasteiger partial charge in [0.05, 0.1) is 12.2 Å². The average Bonchev–Trinajstić information content (AvgIpc) is 2.95. The number of rotatable bonds is 4. The molecule has 0 aromatic carbocycles. The number of nitro groups is 1. The zero-order chi connectivity index (χ0) is 14.0. The first-order chi connectivity index (χ1) is 9.06. The third kappa shape index (κ3) is 2.32. The normalized spacial score (nSPS) is 10.4. The maximum atomic E-state index is 11.9. The second kappa shape index (κ2) is 5.14. The highest BCUT2D eigenvalue weighted by molar-refractivity contribution is 7.03. The summed E-state index contributed by atoms with van der Waals surface area (Å²) in [6, 6.07) is 0. The molecular weight excluding hydrogens is 274 g/mol. The van der Waals surface area contributed by atoms with Crippen molar-refractivity contribution in [2.45, 2.75) is 13.8 Å². The monoisotopic (exact) mass is 283 g/mol. The number of esters is 1. The Morgan fingerprint density at radius 3 is 2.89 bits per heavy atom. The van der Waals surface area contributed by atoms with Crippen molar-refractivity contribution in [2.24, 2.45) is 0 Å². The molecule has 0 radical (unpaired) electrons. The Morgan fingerprint density at radius 1 is 1.63 bits per heavy atom. The maximum absolute atomic E-state index is 11.9. The van der Waals surface area contributed by atoms with Crippen LogP contribution in [0.5, 0.6) is 0 Å². The van der Waals surface area contributed by atoms with Crippen LogP contribution >= 0.6 is 11.5 Å². The molecule has 0 fully saturated rings. The number of furan rings is 1. The van der Waals surface area contributed by atoms with Crippen molar-refractivity contribution in [1.82, 2.24) is 9.59 Å². The average molecular weight is 283 g/mol. The predicted octanol–water partition coefficient (Wildman–Crippen LogP) is 2.19. The Labute approximate surface area is 111 Å². The van der Waals surface area contributed by atoms with Crippen LogP contribution in [0.25, 0.3) is 11.3 Å². The zero-order valence-corrected chi connectivity index (χ0v) is 10.9. The van der Waals surface area contributed by atoms with Crippen molar-refractivity contribution in [3.05, 3.63) is 26.8 Å². The molecule has 2 heterocycles. The highest BCUT2D eigenvalue weighted by Crippen LogP contribution is 2.36. The van der Waals surface area contributed by atoms with Crippen molar-refractivity contribution >= 4 is 23.4 Å². The van der Waals surface area contributed by atoms with E-state index in [4.69, 9.17) is 9.15 Å². The molecule has 0 aliphatic heterocycles. The first-order valence-electron chi connectivity index (χ1n) is 5.28. The van der Waals surface area contributed by atoms with Crippen LogP contribution in [0.2, 0.25) is 0 Å². The molecule has 8 nitrogen and oxygen atoms in total. The fourth-order valence-electron chi connectivity index (χ4n) is 1.63. The molecule has 0 saturated heterocycles. The van der Waals surface area contributed by atoms with Crippen LogP contribution in [0, 0.1) is 17.0 Å². The van der Waals surface area contributed by atoms with Gasteiger partial charge in [-0.05, 0) is 25.4 Å². The molecule has 100 valence electrons. The largest absolute Gasteiger partial charge is 0.462 e. The van der Waals surface area contributed by atoms with Gasteiger partial charge in [0.25, 0.3) is 0 Å². The minimum atomic E-state index is -0.811. The van der Waals surface area contributed by atoms with E-state index in [1.165, 1.54) is 6.92 Å². The van der Waals surface area contributed by atoms with E-state index in [0.29, 0.717) is 5.69 Å². The van der Waals surface area contributed by atoms with Crippen molar-refractivity contribution in [2.75, 3.05) is 6.61 Å². The van der Waals surface area contributed by atoms with E-state index in [0.717, 1.165) is 11.5 Å². The van der Waals surface area contributed by atoms with E-state index in [1.54, 1.807) is 12.3 Å². The molecule has 2 rings (SSSR count). The lowest BCUT2D eigenvalue weighted by Gasteiger charge is -2.00. The summed E-state index contributed by atoms with van der Waals surface area (Å²) in [5.74, 6) is -1.23. The topological polar surface area (TPSA) is 108 Å². The summed E-state index contributed by atoms with van der Waals surface area (Å²) >= 11 is 1.07. The van der Waals surface area contributed by atoms with Gasteiger partial charge in [-0.25, -0.2) is 4.79 Å². The van der Waals surface area contributed by atoms with E-state index < -0.39 is 16.8 Å². The molecule has 0 amide bonds. The molecule has 0 N–H and O–H groups in total. The molecule has 2 aromatic heterocycles. The standard InChI is InChI=1S/C10H9N3O5S/c1-3-17-10(14)8-7(6-4-19-12-11-6)5(2)18-9(8)13(15)16/h4H,3H2,1-2H3. The third-order valence-electron chi connectivity index (χ3n) is 2.33. The predicted molar refractivity (Wildman–Crippen MR) is 65.0 cm³/mol. The van der Waals surface area contributed by atoms with E-state index in [-0.39, 0.29) is 23.5 Å². The second-order valence-corrected chi connectivity index (χ2v) is 4.09. The number of carbonyl (C=O) groups is 1. The number of aromatic nitrogens is 2. The molecule has 0 aliphatic rings. The van der Waals surface area contributed by atoms with Gasteiger partial charge in [0, 0.05) is 5.38 Å². The molecule has 0 saturated carbocycles. The first-order valence-corrected chi connectivity index (χ1v) is 6.12. The summed E-state index contributed by atoms with van der Waals surface area (Å²) in [5, 5.41) is 16.3. The summed E-state index contributed by atoms with van der Waals surface area (Å²) < 4.78 is 13.5. The number of hydrogen-bond acceptors (Lipinski definition) is 8. The van der Waals surface area contributed by atoms with Crippen LogP contribution in [0.1, 0.15) is 23.0 Å². The highest BCUT2D eigenvalue weighted by Gasteiger charge is 2.34. The Balaban J connectivity index is 2.65. The van der Waals surface area contributed by atoms with E-state index in [1.807, 2.05) is 0 Å². The minimum Gasteiger partial charge on any atom is -0.462 e. The van der Waals surface area contributed by atoms with Crippen LogP contribution in [-0.2, 0) is 4.74 Å². The maximum Gasteiger partial charge on any atom is 0.448 e. The molecule has 2 aromatic rings. The summed E-state index contributed by atoms with van der Waals surface area (Å²) in [6.07, 6.45) is 0. The first kappa shape index (κ1) is 13.1. The molecule has 9 heteroatoms. The van der Waals surface area contributed by atoms with Crippen molar-refractivity contribution in [1.29, 1.82) is 0 Å². The van der Waals surface area contributed by atoms with Gasteiger partial charge in [0.2, 0.25) is 0 Å². The smallest absolute Gasteiger partial charge is 0.448 e. The van der Waals surface area contributed by atoms with Gasteiger partial charge in [-0.2, -0.15) is 0 Å². The third-order valence-corrected chi connectivity index (χ3v) is 2.83. The summed E-state index contributed by atoms with van der Waals surface area (Å²) in [7, 11) is 0. The van der Waals surface area contributed by atoms with Crippen LogP contribution in [0.15, 0.2) is 9.80 Å². The van der Waals surface area contributed by atoms with E-state index in [9.17, 15) is 14.9 Å². The Morgan fingerprint density at radius 2 is 2.37 bits per heavy atom. The van der Waals surface area contributed by atoms with Crippen molar-refractivity contribution in [3.63, 3.8) is 0 Å². The summed E-state index contributed by atoms with van der Waals surface area (Å²) in [4.78, 5) is 22.0. The molecule has 0 unspecified atom stereocenters. The molecule has 0 spiro atoms. The number of ether oxygens (including phenoxy) is 1. The van der Waals surface area contributed by atoms with Gasteiger partial charge in [0.15, 0.2) is 5.56 Å². The molecule has 0 aliphatic carbocycles. The van der Waals surface area contributed by atoms with Gasteiger partial charge in [0.1, 0.15) is 16.4 Å². The zero-order valence-electron chi connectivity index (χ0n) is 10.1. The fraction of sp³-hybridized carbons (Fsp3) is 0.300. The van der Waals surface area contributed by atoms with Crippen molar-refractivity contribution in [3.8, 4) is 11.3 Å². The summed E-state index contributed by atoms with van der Waals surface area (Å²) in [5.41, 5.74) is 0.373. The lowest BCUT2D eigenvalue weighted by molar-refractivity contribution is -0.402. The van der Waals surface area contributed by atoms with Crippen LogP contribution in [0.4, 0.5) is 5.88 Å². The number of nitrogens with zero attached hydrogens (tertiary/aromatic N) is 3. The number of hydrogen-bond donors (Lipinski definition) is 0. The van der Waals surface area contributed by atoms with Gasteiger partial charge in [-0.1, -0.05) is 4.49 Å². The fourth-order valence-corrected chi connectivity index (χ4v) is 2.08. The highest BCUT2D eigenvalue weighted by atomic mass is 32.1. The van der Waals surface area contributed by atoms with Crippen molar-refractivity contribution < 1.29 is 18.9 Å². The Kier molecular flexibility index (Phi) is 3.56. The number of carbonyl (C=O) groups excluding carboxylic acids is 1. The second-order valence-electron chi connectivity index (χ2n) is 3.48. The lowest BCUT2D eigenvalue weighted by Crippen LogP contribution is -2.07. The van der Waals surface area contributed by atoms with Gasteiger partial charge >= 0.3 is 11.9 Å². The molecule has 19 heavy (non-hydrogen) atoms. The van der Waals surface area contributed by atoms with E-state index in [2.05, 4.69) is 9.59 Å². The summed E-state index contributed by atoms with van der Waals surface area (Å²) in [6.45, 7) is 3.24. The van der Waals surface area contributed by atoms with Crippen LogP contribution in [0.3, 0.4) is 0 Å². The van der Waals surface area contributed by atoms with Crippen LogP contribution < -0.4 is 0 Å². The Hall–Kier alpha value is -2.29. The van der Waals surface area contributed by atoms with Crippen LogP contribution in [-0.4, -0.2) is 27.1 Å². The minimum absolute atomic E-state index is 0.106. The van der Waals surface area contributed by atoms with Gasteiger partial charge < -0.3 is 9.15 Å². The lowest BCUT2D eigenvalue weighted by atomic mass is 10.1. The Bertz CT molecular complexity index is 619.